The van der Waals surface area contributed by atoms with Crippen LogP contribution in [0, 0.1) is 17.8 Å². The van der Waals surface area contributed by atoms with Crippen molar-refractivity contribution >= 4 is 5.78 Å². The maximum absolute atomic E-state index is 12.7. The second-order valence-electron chi connectivity index (χ2n) is 4.63. The second-order valence-corrected chi connectivity index (χ2v) is 4.63. The molecule has 0 heterocycles. The van der Waals surface area contributed by atoms with E-state index >= 15 is 0 Å². The van der Waals surface area contributed by atoms with Crippen LogP contribution in [0.15, 0.2) is 0 Å². The van der Waals surface area contributed by atoms with Crippen molar-refractivity contribution in [2.45, 2.75) is 38.5 Å². The smallest absolute Gasteiger partial charge is 0.245 e. The van der Waals surface area contributed by atoms with Crippen molar-refractivity contribution in [2.75, 3.05) is 0 Å². The van der Waals surface area contributed by atoms with Gasteiger partial charge in [-0.3, -0.25) is 4.79 Å². The van der Waals surface area contributed by atoms with E-state index in [1.54, 1.807) is 0 Å². The third-order valence-electron chi connectivity index (χ3n) is 3.38. The lowest BCUT2D eigenvalue weighted by Crippen LogP contribution is -2.23. The molecule has 0 amide bonds. The van der Waals surface area contributed by atoms with Crippen LogP contribution in [-0.2, 0) is 4.79 Å². The third kappa shape index (κ3) is 1.74. The van der Waals surface area contributed by atoms with Crippen LogP contribution >= 0.6 is 0 Å². The van der Waals surface area contributed by atoms with Gasteiger partial charge < -0.3 is 0 Å². The molecule has 0 aliphatic heterocycles. The molecule has 2 aliphatic carbocycles. The van der Waals surface area contributed by atoms with Crippen LogP contribution in [0.25, 0.3) is 0 Å². The zero-order valence-electron chi connectivity index (χ0n) is 7.72. The molecule has 0 aromatic carbocycles. The van der Waals surface area contributed by atoms with Gasteiger partial charge in [-0.2, -0.15) is 0 Å². The zero-order chi connectivity index (χ0) is 9.64. The Morgan fingerprint density at radius 2 is 2.15 bits per heavy atom. The Balaban J connectivity index is 1.96. The number of ketones is 1. The number of Topliss-reactive ketones (excluding diaryl/α,β-unsaturated/α-hetero) is 1. The lowest BCUT2D eigenvalue weighted by molar-refractivity contribution is -0.123. The van der Waals surface area contributed by atoms with Gasteiger partial charge in [-0.05, 0) is 31.6 Å². The van der Waals surface area contributed by atoms with E-state index in [1.807, 2.05) is 0 Å². The van der Waals surface area contributed by atoms with E-state index < -0.39 is 5.92 Å². The van der Waals surface area contributed by atoms with E-state index in [2.05, 4.69) is 0 Å². The molecule has 13 heavy (non-hydrogen) atoms. The molecule has 2 aliphatic rings. The van der Waals surface area contributed by atoms with Crippen molar-refractivity contribution < 1.29 is 13.6 Å². The average Bonchev–Trinajstić information content (AvgIpc) is 2.42. The van der Waals surface area contributed by atoms with Crippen molar-refractivity contribution in [3.8, 4) is 0 Å². The number of carbonyl (C=O) groups excluding carboxylic acids is 1. The van der Waals surface area contributed by atoms with Gasteiger partial charge in [0.05, 0.1) is 0 Å². The molecule has 3 heteroatoms. The summed E-state index contributed by atoms with van der Waals surface area (Å²) in [6.07, 6.45) is 2.12. The van der Waals surface area contributed by atoms with E-state index in [-0.39, 0.29) is 24.2 Å². The molecule has 3 unspecified atom stereocenters. The fourth-order valence-electron chi connectivity index (χ4n) is 2.86. The average molecular weight is 188 g/mol. The molecule has 3 atom stereocenters. The molecule has 0 saturated heterocycles. The van der Waals surface area contributed by atoms with Gasteiger partial charge in [0.15, 0.2) is 0 Å². The number of carbonyl (C=O) groups is 1. The standard InChI is InChI=1S/C10H14F2O/c1-10(11,12)5-8-3-7-2-6(8)4-9(7)13/h6-8H,2-5H2,1H3. The van der Waals surface area contributed by atoms with Crippen molar-refractivity contribution in [3.05, 3.63) is 0 Å². The van der Waals surface area contributed by atoms with Gasteiger partial charge in [0.25, 0.3) is 0 Å². The van der Waals surface area contributed by atoms with Crippen LogP contribution in [0.2, 0.25) is 0 Å². The van der Waals surface area contributed by atoms with Crippen molar-refractivity contribution in [2.24, 2.45) is 17.8 Å². The summed E-state index contributed by atoms with van der Waals surface area (Å²) in [5.41, 5.74) is 0. The lowest BCUT2D eigenvalue weighted by atomic mass is 9.84. The summed E-state index contributed by atoms with van der Waals surface area (Å²) in [6, 6.07) is 0. The third-order valence-corrected chi connectivity index (χ3v) is 3.38. The number of rotatable bonds is 2. The number of fused-ring (bicyclic) bond motifs is 2. The summed E-state index contributed by atoms with van der Waals surface area (Å²) in [7, 11) is 0. The predicted molar refractivity (Wildman–Crippen MR) is 44.6 cm³/mol. The fraction of sp³-hybridized carbons (Fsp3) is 0.900. The molecule has 0 aromatic heterocycles. The van der Waals surface area contributed by atoms with Gasteiger partial charge in [0.1, 0.15) is 5.78 Å². The van der Waals surface area contributed by atoms with Crippen molar-refractivity contribution in [1.82, 2.24) is 0 Å². The zero-order valence-corrected chi connectivity index (χ0v) is 7.72. The van der Waals surface area contributed by atoms with Gasteiger partial charge in [-0.25, -0.2) is 8.78 Å². The topological polar surface area (TPSA) is 17.1 Å². The van der Waals surface area contributed by atoms with E-state index in [9.17, 15) is 13.6 Å². The molecular weight excluding hydrogens is 174 g/mol. The molecule has 0 spiro atoms. The van der Waals surface area contributed by atoms with E-state index in [4.69, 9.17) is 0 Å². The Labute approximate surface area is 76.5 Å². The van der Waals surface area contributed by atoms with E-state index in [1.165, 1.54) is 0 Å². The fourth-order valence-corrected chi connectivity index (χ4v) is 2.86. The minimum atomic E-state index is -2.56. The SMILES string of the molecule is CC(F)(F)CC1CC2CC1CC2=O. The first-order valence-electron chi connectivity index (χ1n) is 4.86. The molecule has 2 fully saturated rings. The summed E-state index contributed by atoms with van der Waals surface area (Å²) in [6.45, 7) is 0.973. The van der Waals surface area contributed by atoms with Crippen molar-refractivity contribution in [3.63, 3.8) is 0 Å². The number of hydrogen-bond donors (Lipinski definition) is 0. The van der Waals surface area contributed by atoms with Crippen LogP contribution in [0.4, 0.5) is 8.78 Å². The second kappa shape index (κ2) is 2.76. The van der Waals surface area contributed by atoms with Crippen molar-refractivity contribution in [1.29, 1.82) is 0 Å². The molecule has 0 N–H and O–H groups in total. The van der Waals surface area contributed by atoms with Gasteiger partial charge in [-0.1, -0.05) is 0 Å². The van der Waals surface area contributed by atoms with Crippen LogP contribution in [0.5, 0.6) is 0 Å². The van der Waals surface area contributed by atoms with Gasteiger partial charge in [-0.15, -0.1) is 0 Å². The summed E-state index contributed by atoms with van der Waals surface area (Å²) < 4.78 is 25.4. The van der Waals surface area contributed by atoms with Crippen LogP contribution in [0.1, 0.15) is 32.6 Å². The number of hydrogen-bond acceptors (Lipinski definition) is 1. The van der Waals surface area contributed by atoms with Gasteiger partial charge in [0, 0.05) is 18.8 Å². The summed E-state index contributed by atoms with van der Waals surface area (Å²) in [5, 5.41) is 0. The Morgan fingerprint density at radius 1 is 1.46 bits per heavy atom. The summed E-state index contributed by atoms with van der Waals surface area (Å²) >= 11 is 0. The van der Waals surface area contributed by atoms with Crippen LogP contribution in [0.3, 0.4) is 0 Å². The molecular formula is C10H14F2O. The first-order valence-corrected chi connectivity index (χ1v) is 4.86. The molecule has 0 radical (unpaired) electrons. The largest absolute Gasteiger partial charge is 0.299 e. The Bertz CT molecular complexity index is 232. The minimum Gasteiger partial charge on any atom is -0.299 e. The summed E-state index contributed by atoms with van der Waals surface area (Å²) in [5.74, 6) is -1.76. The highest BCUT2D eigenvalue weighted by molar-refractivity contribution is 5.84. The quantitative estimate of drug-likeness (QED) is 0.651. The van der Waals surface area contributed by atoms with Crippen LogP contribution in [-0.4, -0.2) is 11.7 Å². The first kappa shape index (κ1) is 9.10. The lowest BCUT2D eigenvalue weighted by Gasteiger charge is -2.23. The highest BCUT2D eigenvalue weighted by Crippen LogP contribution is 2.49. The number of halogens is 2. The minimum absolute atomic E-state index is 0.0263. The van der Waals surface area contributed by atoms with Gasteiger partial charge in [0.2, 0.25) is 5.92 Å². The van der Waals surface area contributed by atoms with E-state index in [0.717, 1.165) is 13.3 Å². The normalized spacial score (nSPS) is 38.7. The molecule has 0 aromatic rings. The molecule has 74 valence electrons. The molecule has 1 nitrogen and oxygen atoms in total. The number of alkyl halides is 2. The summed E-state index contributed by atoms with van der Waals surface area (Å²) in [4.78, 5) is 11.2. The molecule has 2 bridgehead atoms. The monoisotopic (exact) mass is 188 g/mol. The van der Waals surface area contributed by atoms with E-state index in [0.29, 0.717) is 18.6 Å². The van der Waals surface area contributed by atoms with Crippen LogP contribution < -0.4 is 0 Å². The molecule has 2 saturated carbocycles. The highest BCUT2D eigenvalue weighted by atomic mass is 19.3. The Morgan fingerprint density at radius 3 is 2.54 bits per heavy atom. The Hall–Kier alpha value is -0.470. The highest BCUT2D eigenvalue weighted by Gasteiger charge is 2.47. The molecule has 2 rings (SSSR count). The maximum atomic E-state index is 12.7. The van der Waals surface area contributed by atoms with Gasteiger partial charge >= 0.3 is 0 Å². The predicted octanol–water partition coefficient (Wildman–Crippen LogP) is 2.65. The maximum Gasteiger partial charge on any atom is 0.245 e. The Kier molecular flexibility index (Phi) is 1.93. The first-order chi connectivity index (χ1) is 5.96.